The summed E-state index contributed by atoms with van der Waals surface area (Å²) in [6.07, 6.45) is 0.338. The highest BCUT2D eigenvalue weighted by molar-refractivity contribution is 5.79. The number of nitrogens with one attached hydrogen (secondary N) is 1. The van der Waals surface area contributed by atoms with Crippen LogP contribution in [0.2, 0.25) is 0 Å². The summed E-state index contributed by atoms with van der Waals surface area (Å²) in [5.74, 6) is -0.0244. The number of carbonyl (C=O) groups is 1. The highest BCUT2D eigenvalue weighted by Gasteiger charge is 2.13. The van der Waals surface area contributed by atoms with Crippen LogP contribution in [0.15, 0.2) is 24.3 Å². The van der Waals surface area contributed by atoms with E-state index in [1.165, 1.54) is 0 Å². The third-order valence-corrected chi connectivity index (χ3v) is 3.66. The Morgan fingerprint density at radius 3 is 2.67 bits per heavy atom. The predicted molar refractivity (Wildman–Crippen MR) is 80.6 cm³/mol. The summed E-state index contributed by atoms with van der Waals surface area (Å²) in [5.41, 5.74) is 4.73. The van der Waals surface area contributed by atoms with Gasteiger partial charge in [0.05, 0.1) is 18.7 Å². The number of carbonyl (C=O) groups excluding carboxylic acids is 1. The third-order valence-electron chi connectivity index (χ3n) is 3.66. The lowest BCUT2D eigenvalue weighted by molar-refractivity contribution is -0.120. The summed E-state index contributed by atoms with van der Waals surface area (Å²) in [6.45, 7) is 4.36. The lowest BCUT2D eigenvalue weighted by Crippen LogP contribution is -2.25. The van der Waals surface area contributed by atoms with E-state index in [2.05, 4.69) is 10.4 Å². The zero-order valence-corrected chi connectivity index (χ0v) is 12.7. The molecular weight excluding hydrogens is 266 g/mol. The molecule has 1 aromatic carbocycles. The molecule has 0 fully saturated rings. The van der Waals surface area contributed by atoms with Crippen molar-refractivity contribution < 1.29 is 9.90 Å². The first-order chi connectivity index (χ1) is 10.0. The average Bonchev–Trinajstić information content (AvgIpc) is 2.72. The van der Waals surface area contributed by atoms with Gasteiger partial charge in [-0.2, -0.15) is 5.10 Å². The van der Waals surface area contributed by atoms with Crippen molar-refractivity contribution >= 4 is 5.91 Å². The second kappa shape index (κ2) is 6.54. The molecular formula is C16H21N3O2. The first kappa shape index (κ1) is 15.3. The highest BCUT2D eigenvalue weighted by Crippen LogP contribution is 2.12. The Hall–Kier alpha value is -2.14. The van der Waals surface area contributed by atoms with Gasteiger partial charge in [0.15, 0.2) is 0 Å². The Kier molecular flexibility index (Phi) is 4.75. The van der Waals surface area contributed by atoms with E-state index in [4.69, 9.17) is 5.11 Å². The highest BCUT2D eigenvalue weighted by atomic mass is 16.3. The van der Waals surface area contributed by atoms with Crippen molar-refractivity contribution in [1.82, 2.24) is 15.1 Å². The van der Waals surface area contributed by atoms with Crippen LogP contribution in [-0.4, -0.2) is 20.8 Å². The molecule has 0 aliphatic rings. The monoisotopic (exact) mass is 287 g/mol. The molecule has 0 radical (unpaired) electrons. The summed E-state index contributed by atoms with van der Waals surface area (Å²) in [4.78, 5) is 12.1. The number of hydrogen-bond donors (Lipinski definition) is 2. The second-order valence-corrected chi connectivity index (χ2v) is 5.20. The maximum Gasteiger partial charge on any atom is 0.224 e. The van der Waals surface area contributed by atoms with Gasteiger partial charge in [-0.25, -0.2) is 0 Å². The van der Waals surface area contributed by atoms with Crippen LogP contribution in [0.5, 0.6) is 0 Å². The number of amides is 1. The van der Waals surface area contributed by atoms with Gasteiger partial charge in [0.1, 0.15) is 0 Å². The van der Waals surface area contributed by atoms with Gasteiger partial charge in [-0.15, -0.1) is 0 Å². The first-order valence-electron chi connectivity index (χ1n) is 6.95. The maximum absolute atomic E-state index is 12.1. The molecule has 2 aromatic rings. The van der Waals surface area contributed by atoms with Crippen molar-refractivity contribution in [2.75, 3.05) is 0 Å². The van der Waals surface area contributed by atoms with Crippen molar-refractivity contribution in [2.45, 2.75) is 33.4 Å². The molecule has 21 heavy (non-hydrogen) atoms. The molecule has 2 rings (SSSR count). The smallest absolute Gasteiger partial charge is 0.224 e. The molecule has 2 N–H and O–H groups in total. The molecule has 112 valence electrons. The van der Waals surface area contributed by atoms with E-state index >= 15 is 0 Å². The molecule has 0 spiro atoms. The zero-order chi connectivity index (χ0) is 15.4. The summed E-state index contributed by atoms with van der Waals surface area (Å²) in [7, 11) is 1.88. The Morgan fingerprint density at radius 1 is 1.33 bits per heavy atom. The number of benzene rings is 1. The Bertz CT molecular complexity index is 647. The SMILES string of the molecule is Cc1nn(C)c(C)c1CC(=O)NCc1cccc(CO)c1. The maximum atomic E-state index is 12.1. The van der Waals surface area contributed by atoms with Crippen LogP contribution >= 0.6 is 0 Å². The minimum absolute atomic E-state index is 0.00978. The van der Waals surface area contributed by atoms with Crippen molar-refractivity contribution in [2.24, 2.45) is 7.05 Å². The molecule has 5 heteroatoms. The molecule has 0 aliphatic carbocycles. The molecule has 0 unspecified atom stereocenters. The summed E-state index contributed by atoms with van der Waals surface area (Å²) < 4.78 is 1.79. The third kappa shape index (κ3) is 3.70. The van der Waals surface area contributed by atoms with Crippen LogP contribution in [0.1, 0.15) is 28.1 Å². The number of rotatable bonds is 5. The number of hydrogen-bond acceptors (Lipinski definition) is 3. The van der Waals surface area contributed by atoms with Gasteiger partial charge in [0, 0.05) is 24.8 Å². The fraction of sp³-hybridized carbons (Fsp3) is 0.375. The normalized spacial score (nSPS) is 10.7. The minimum atomic E-state index is -0.0244. The van der Waals surface area contributed by atoms with Gasteiger partial charge in [0.25, 0.3) is 0 Å². The second-order valence-electron chi connectivity index (χ2n) is 5.20. The van der Waals surface area contributed by atoms with Crippen LogP contribution in [-0.2, 0) is 31.4 Å². The van der Waals surface area contributed by atoms with Crippen molar-refractivity contribution in [1.29, 1.82) is 0 Å². The first-order valence-corrected chi connectivity index (χ1v) is 6.95. The summed E-state index contributed by atoms with van der Waals surface area (Å²) in [6, 6.07) is 7.55. The lowest BCUT2D eigenvalue weighted by atomic mass is 10.1. The fourth-order valence-electron chi connectivity index (χ4n) is 2.33. The molecule has 0 atom stereocenters. The van der Waals surface area contributed by atoms with E-state index in [1.807, 2.05) is 45.2 Å². The van der Waals surface area contributed by atoms with E-state index in [0.29, 0.717) is 13.0 Å². The van der Waals surface area contributed by atoms with Crippen molar-refractivity contribution in [3.8, 4) is 0 Å². The van der Waals surface area contributed by atoms with Crippen molar-refractivity contribution in [3.05, 3.63) is 52.3 Å². The number of aryl methyl sites for hydroxylation is 2. The molecule has 0 saturated heterocycles. The molecule has 0 saturated carbocycles. The van der Waals surface area contributed by atoms with Crippen LogP contribution in [0.25, 0.3) is 0 Å². The fourth-order valence-corrected chi connectivity index (χ4v) is 2.33. The zero-order valence-electron chi connectivity index (χ0n) is 12.7. The van der Waals surface area contributed by atoms with Crippen LogP contribution in [0.3, 0.4) is 0 Å². The van der Waals surface area contributed by atoms with Gasteiger partial charge >= 0.3 is 0 Å². The van der Waals surface area contributed by atoms with E-state index in [9.17, 15) is 4.79 Å². The van der Waals surface area contributed by atoms with Gasteiger partial charge in [-0.3, -0.25) is 9.48 Å². The Balaban J connectivity index is 1.96. The topological polar surface area (TPSA) is 67.2 Å². The van der Waals surface area contributed by atoms with Crippen LogP contribution < -0.4 is 5.32 Å². The van der Waals surface area contributed by atoms with E-state index in [1.54, 1.807) is 4.68 Å². The van der Waals surface area contributed by atoms with Crippen molar-refractivity contribution in [3.63, 3.8) is 0 Å². The minimum Gasteiger partial charge on any atom is -0.392 e. The number of aliphatic hydroxyl groups is 1. The number of nitrogens with zero attached hydrogens (tertiary/aromatic N) is 2. The standard InChI is InChI=1S/C16H21N3O2/c1-11-15(12(2)19(3)18-11)8-16(21)17-9-13-5-4-6-14(7-13)10-20/h4-7,20H,8-10H2,1-3H3,(H,17,21). The van der Waals surface area contributed by atoms with Gasteiger partial charge in [-0.05, 0) is 25.0 Å². The Morgan fingerprint density at radius 2 is 2.05 bits per heavy atom. The quantitative estimate of drug-likeness (QED) is 0.873. The number of aliphatic hydroxyl groups excluding tert-OH is 1. The summed E-state index contributed by atoms with van der Waals surface area (Å²) >= 11 is 0. The molecule has 1 aromatic heterocycles. The van der Waals surface area contributed by atoms with E-state index < -0.39 is 0 Å². The van der Waals surface area contributed by atoms with E-state index in [-0.39, 0.29) is 12.5 Å². The van der Waals surface area contributed by atoms with Gasteiger partial charge < -0.3 is 10.4 Å². The summed E-state index contributed by atoms with van der Waals surface area (Å²) in [5, 5.41) is 16.3. The van der Waals surface area contributed by atoms with Gasteiger partial charge in [0.2, 0.25) is 5.91 Å². The van der Waals surface area contributed by atoms with Gasteiger partial charge in [-0.1, -0.05) is 24.3 Å². The van der Waals surface area contributed by atoms with Crippen LogP contribution in [0, 0.1) is 13.8 Å². The predicted octanol–water partition coefficient (Wildman–Crippen LogP) is 1.39. The van der Waals surface area contributed by atoms with Crippen LogP contribution in [0.4, 0.5) is 0 Å². The molecule has 1 heterocycles. The molecule has 5 nitrogen and oxygen atoms in total. The largest absolute Gasteiger partial charge is 0.392 e. The molecule has 1 amide bonds. The number of aromatic nitrogens is 2. The molecule has 0 bridgehead atoms. The average molecular weight is 287 g/mol. The van der Waals surface area contributed by atoms with E-state index in [0.717, 1.165) is 28.1 Å². The Labute approximate surface area is 124 Å². The lowest BCUT2D eigenvalue weighted by Gasteiger charge is -2.07. The molecule has 0 aliphatic heterocycles.